The van der Waals surface area contributed by atoms with Crippen LogP contribution < -0.4 is 15.0 Å². The number of hydrogen-bond donors (Lipinski definition) is 0. The number of rotatable bonds is 9. The van der Waals surface area contributed by atoms with E-state index in [4.69, 9.17) is 14.5 Å². The number of amides is 1. The fourth-order valence-corrected chi connectivity index (χ4v) is 4.81. The lowest BCUT2D eigenvalue weighted by Gasteiger charge is -2.27. The third kappa shape index (κ3) is 5.33. The molecule has 0 saturated carbocycles. The van der Waals surface area contributed by atoms with Gasteiger partial charge in [-0.1, -0.05) is 49.9 Å². The van der Waals surface area contributed by atoms with Crippen molar-refractivity contribution < 1.29 is 14.3 Å². The number of carbonyl (C=O) groups is 1. The highest BCUT2D eigenvalue weighted by atomic mass is 32.2. The van der Waals surface area contributed by atoms with E-state index >= 15 is 0 Å². The molecule has 1 amide bonds. The van der Waals surface area contributed by atoms with Gasteiger partial charge in [-0.05, 0) is 37.1 Å². The number of thioether (sulfide) groups is 1. The summed E-state index contributed by atoms with van der Waals surface area (Å²) >= 11 is 1.30. The van der Waals surface area contributed by atoms with Crippen LogP contribution in [0.3, 0.4) is 0 Å². The molecule has 8 heteroatoms. The van der Waals surface area contributed by atoms with E-state index < -0.39 is 0 Å². The van der Waals surface area contributed by atoms with Crippen molar-refractivity contribution in [3.05, 3.63) is 58.9 Å². The van der Waals surface area contributed by atoms with Crippen LogP contribution in [-0.2, 0) is 11.3 Å². The van der Waals surface area contributed by atoms with E-state index in [1.807, 2.05) is 47.4 Å². The molecule has 7 nitrogen and oxygen atoms in total. The molecule has 1 aromatic heterocycles. The first-order valence-corrected chi connectivity index (χ1v) is 12.4. The van der Waals surface area contributed by atoms with Gasteiger partial charge in [-0.2, -0.15) is 0 Å². The van der Waals surface area contributed by atoms with Gasteiger partial charge in [-0.25, -0.2) is 4.98 Å². The predicted octanol–water partition coefficient (Wildman–Crippen LogP) is 3.98. The van der Waals surface area contributed by atoms with Crippen LogP contribution in [0.4, 0.5) is 0 Å². The number of benzene rings is 2. The molecule has 1 aliphatic rings. The SMILES string of the molecule is CCCN(CCC)C(=O)CSc1nc2ccccc2c(=O)n1C[C@@H]1COc2ccccc2O1. The van der Waals surface area contributed by atoms with Crippen LogP contribution in [0.25, 0.3) is 10.9 Å². The van der Waals surface area contributed by atoms with Gasteiger partial charge in [0.05, 0.1) is 23.2 Å². The van der Waals surface area contributed by atoms with E-state index in [0.717, 1.165) is 25.9 Å². The van der Waals surface area contributed by atoms with E-state index in [9.17, 15) is 9.59 Å². The van der Waals surface area contributed by atoms with Crippen LogP contribution in [0.5, 0.6) is 11.5 Å². The van der Waals surface area contributed by atoms with Crippen molar-refractivity contribution in [2.75, 3.05) is 25.4 Å². The Balaban J connectivity index is 1.60. The molecule has 2 heterocycles. The lowest BCUT2D eigenvalue weighted by atomic mass is 10.2. The average molecular weight is 468 g/mol. The van der Waals surface area contributed by atoms with Gasteiger partial charge in [0.15, 0.2) is 22.8 Å². The van der Waals surface area contributed by atoms with Crippen molar-refractivity contribution in [1.82, 2.24) is 14.5 Å². The van der Waals surface area contributed by atoms with Crippen LogP contribution in [0.15, 0.2) is 58.5 Å². The largest absolute Gasteiger partial charge is 0.486 e. The fraction of sp³-hybridized carbons (Fsp3) is 0.400. The summed E-state index contributed by atoms with van der Waals surface area (Å²) < 4.78 is 13.5. The minimum Gasteiger partial charge on any atom is -0.486 e. The zero-order valence-corrected chi connectivity index (χ0v) is 19.8. The van der Waals surface area contributed by atoms with Crippen molar-refractivity contribution in [3.8, 4) is 11.5 Å². The maximum absolute atomic E-state index is 13.4. The zero-order valence-electron chi connectivity index (χ0n) is 19.0. The van der Waals surface area contributed by atoms with Gasteiger partial charge < -0.3 is 14.4 Å². The molecule has 0 N–H and O–H groups in total. The maximum Gasteiger partial charge on any atom is 0.262 e. The summed E-state index contributed by atoms with van der Waals surface area (Å²) in [5.41, 5.74) is 0.482. The molecular formula is C25H29N3O4S. The van der Waals surface area contributed by atoms with Crippen molar-refractivity contribution in [3.63, 3.8) is 0 Å². The number of aromatic nitrogens is 2. The molecule has 4 rings (SSSR count). The van der Waals surface area contributed by atoms with E-state index in [1.165, 1.54) is 11.8 Å². The number of nitrogens with zero attached hydrogens (tertiary/aromatic N) is 3. The molecule has 3 aromatic rings. The number of ether oxygens (including phenoxy) is 2. The van der Waals surface area contributed by atoms with Gasteiger partial charge in [0, 0.05) is 13.1 Å². The molecule has 2 aromatic carbocycles. The summed E-state index contributed by atoms with van der Waals surface area (Å²) in [6.07, 6.45) is 1.48. The Labute approximate surface area is 197 Å². The van der Waals surface area contributed by atoms with Gasteiger partial charge in [-0.15, -0.1) is 0 Å². The van der Waals surface area contributed by atoms with Crippen molar-refractivity contribution in [2.24, 2.45) is 0 Å². The molecule has 0 spiro atoms. The standard InChI is InChI=1S/C25H29N3O4S/c1-3-13-27(14-4-2)23(29)17-33-25-26-20-10-6-5-9-19(20)24(30)28(25)15-18-16-31-21-11-7-8-12-22(21)32-18/h5-12,18H,3-4,13-17H2,1-2H3/t18-/m1/s1. The number of hydrogen-bond acceptors (Lipinski definition) is 6. The lowest BCUT2D eigenvalue weighted by Crippen LogP contribution is -2.38. The van der Waals surface area contributed by atoms with Crippen LogP contribution >= 0.6 is 11.8 Å². The smallest absolute Gasteiger partial charge is 0.262 e. The molecule has 0 fully saturated rings. The summed E-state index contributed by atoms with van der Waals surface area (Å²) in [7, 11) is 0. The molecule has 33 heavy (non-hydrogen) atoms. The van der Waals surface area contributed by atoms with Gasteiger partial charge >= 0.3 is 0 Å². The summed E-state index contributed by atoms with van der Waals surface area (Å²) in [6, 6.07) is 14.8. The van der Waals surface area contributed by atoms with E-state index in [-0.39, 0.29) is 29.9 Å². The second kappa shape index (κ2) is 10.7. The van der Waals surface area contributed by atoms with Gasteiger partial charge in [0.2, 0.25) is 5.91 Å². The first kappa shape index (κ1) is 23.2. The van der Waals surface area contributed by atoms with Gasteiger partial charge in [-0.3, -0.25) is 14.2 Å². The number of carbonyl (C=O) groups excluding carboxylic acids is 1. The Bertz CT molecular complexity index is 1170. The highest BCUT2D eigenvalue weighted by Gasteiger charge is 2.24. The van der Waals surface area contributed by atoms with Crippen LogP contribution in [0.1, 0.15) is 26.7 Å². The minimum atomic E-state index is -0.340. The molecule has 1 aliphatic heterocycles. The van der Waals surface area contributed by atoms with Gasteiger partial charge in [0.25, 0.3) is 5.56 Å². The summed E-state index contributed by atoms with van der Waals surface area (Å²) in [5.74, 6) is 1.65. The third-order valence-electron chi connectivity index (χ3n) is 5.44. The van der Waals surface area contributed by atoms with E-state index in [0.29, 0.717) is 34.2 Å². The molecule has 0 aliphatic carbocycles. The number of para-hydroxylation sites is 3. The highest BCUT2D eigenvalue weighted by Crippen LogP contribution is 2.31. The van der Waals surface area contributed by atoms with E-state index in [2.05, 4.69) is 13.8 Å². The van der Waals surface area contributed by atoms with Gasteiger partial charge in [0.1, 0.15) is 6.61 Å². The van der Waals surface area contributed by atoms with Crippen LogP contribution in [0.2, 0.25) is 0 Å². The lowest BCUT2D eigenvalue weighted by molar-refractivity contribution is -0.128. The Hall–Kier alpha value is -3.00. The second-order valence-corrected chi connectivity index (χ2v) is 8.94. The first-order chi connectivity index (χ1) is 16.1. The average Bonchev–Trinajstić information content (AvgIpc) is 2.84. The van der Waals surface area contributed by atoms with Crippen molar-refractivity contribution in [2.45, 2.75) is 44.5 Å². The molecule has 0 saturated heterocycles. The van der Waals surface area contributed by atoms with Crippen molar-refractivity contribution in [1.29, 1.82) is 0 Å². The quantitative estimate of drug-likeness (QED) is 0.350. The molecule has 174 valence electrons. The monoisotopic (exact) mass is 467 g/mol. The maximum atomic E-state index is 13.4. The third-order valence-corrected chi connectivity index (χ3v) is 6.41. The minimum absolute atomic E-state index is 0.0591. The van der Waals surface area contributed by atoms with Crippen LogP contribution in [0, 0.1) is 0 Å². The summed E-state index contributed by atoms with van der Waals surface area (Å²) in [4.78, 5) is 32.8. The summed E-state index contributed by atoms with van der Waals surface area (Å²) in [6.45, 7) is 6.22. The Morgan fingerprint density at radius 3 is 2.55 bits per heavy atom. The topological polar surface area (TPSA) is 73.7 Å². The molecule has 0 bridgehead atoms. The summed E-state index contributed by atoms with van der Waals surface area (Å²) in [5, 5.41) is 1.06. The molecular weight excluding hydrogens is 438 g/mol. The Kier molecular flexibility index (Phi) is 7.54. The Morgan fingerprint density at radius 1 is 1.09 bits per heavy atom. The number of fused-ring (bicyclic) bond motifs is 2. The molecule has 0 radical (unpaired) electrons. The predicted molar refractivity (Wildman–Crippen MR) is 130 cm³/mol. The first-order valence-electron chi connectivity index (χ1n) is 11.4. The Morgan fingerprint density at radius 2 is 1.79 bits per heavy atom. The molecule has 0 unspecified atom stereocenters. The fourth-order valence-electron chi connectivity index (χ4n) is 3.89. The molecule has 1 atom stereocenters. The zero-order chi connectivity index (χ0) is 23.2. The second-order valence-electron chi connectivity index (χ2n) is 7.99. The van der Waals surface area contributed by atoms with Crippen LogP contribution in [-0.4, -0.2) is 51.9 Å². The van der Waals surface area contributed by atoms with E-state index in [1.54, 1.807) is 10.6 Å². The van der Waals surface area contributed by atoms with Crippen molar-refractivity contribution >= 4 is 28.6 Å². The normalized spacial score (nSPS) is 14.9. The highest BCUT2D eigenvalue weighted by molar-refractivity contribution is 7.99.